The number of aromatic carboxylic acids is 1. The summed E-state index contributed by atoms with van der Waals surface area (Å²) in [5.74, 6) is -0.945. The number of hydrogen-bond donors (Lipinski definition) is 1. The number of amides is 1. The van der Waals surface area contributed by atoms with Gasteiger partial charge in [-0.05, 0) is 37.5 Å². The molecule has 1 N–H and O–H groups in total. The Morgan fingerprint density at radius 3 is 2.54 bits per heavy atom. The maximum Gasteiger partial charge on any atom is 0.338 e. The highest BCUT2D eigenvalue weighted by atomic mass is 79.9. The first-order chi connectivity index (χ1) is 11.5. The Hall–Kier alpha value is -2.15. The average Bonchev–Trinajstić information content (AvgIpc) is 3.07. The minimum Gasteiger partial charge on any atom is -0.478 e. The van der Waals surface area contributed by atoms with Gasteiger partial charge in [0.05, 0.1) is 17.8 Å². The Bertz CT molecular complexity index is 779. The lowest BCUT2D eigenvalue weighted by Gasteiger charge is -2.32. The molecule has 2 heterocycles. The van der Waals surface area contributed by atoms with Crippen molar-refractivity contribution in [2.24, 2.45) is 0 Å². The second-order valence-electron chi connectivity index (χ2n) is 6.00. The molecule has 0 atom stereocenters. The first-order valence-electron chi connectivity index (χ1n) is 7.78. The third-order valence-corrected chi connectivity index (χ3v) is 5.25. The van der Waals surface area contributed by atoms with Crippen molar-refractivity contribution in [3.05, 3.63) is 51.8 Å². The average molecular weight is 392 g/mol. The molecule has 1 aromatic heterocycles. The number of aryl methyl sites for hydroxylation is 1. The van der Waals surface area contributed by atoms with E-state index in [2.05, 4.69) is 21.0 Å². The fraction of sp³-hybridized carbons (Fsp3) is 0.353. The van der Waals surface area contributed by atoms with Crippen molar-refractivity contribution in [1.82, 2.24) is 14.7 Å². The van der Waals surface area contributed by atoms with Crippen LogP contribution < -0.4 is 0 Å². The van der Waals surface area contributed by atoms with Crippen molar-refractivity contribution in [3.63, 3.8) is 0 Å². The minimum absolute atomic E-state index is 0.0286. The molecule has 0 bridgehead atoms. The van der Waals surface area contributed by atoms with Crippen LogP contribution >= 0.6 is 15.9 Å². The zero-order chi connectivity index (χ0) is 17.3. The van der Waals surface area contributed by atoms with Crippen LogP contribution in [0.25, 0.3) is 0 Å². The molecule has 1 amide bonds. The number of rotatable bonds is 3. The lowest BCUT2D eigenvalue weighted by Crippen LogP contribution is -2.39. The number of carbonyl (C=O) groups is 2. The third kappa shape index (κ3) is 3.36. The van der Waals surface area contributed by atoms with Gasteiger partial charge in [0, 0.05) is 29.3 Å². The molecule has 6 nitrogen and oxygen atoms in total. The van der Waals surface area contributed by atoms with Crippen LogP contribution in [0.5, 0.6) is 0 Å². The number of piperidine rings is 1. The van der Waals surface area contributed by atoms with Crippen molar-refractivity contribution >= 4 is 27.8 Å². The summed E-state index contributed by atoms with van der Waals surface area (Å²) in [4.78, 5) is 25.4. The van der Waals surface area contributed by atoms with E-state index in [1.807, 2.05) is 30.0 Å². The second-order valence-corrected chi connectivity index (χ2v) is 6.86. The van der Waals surface area contributed by atoms with Crippen LogP contribution in [0.2, 0.25) is 0 Å². The molecule has 1 fully saturated rings. The molecular weight excluding hydrogens is 374 g/mol. The van der Waals surface area contributed by atoms with E-state index in [0.717, 1.165) is 22.9 Å². The largest absolute Gasteiger partial charge is 0.478 e. The fourth-order valence-corrected chi connectivity index (χ4v) is 3.27. The van der Waals surface area contributed by atoms with Gasteiger partial charge in [-0.2, -0.15) is 5.10 Å². The van der Waals surface area contributed by atoms with Gasteiger partial charge >= 0.3 is 5.97 Å². The summed E-state index contributed by atoms with van der Waals surface area (Å²) in [6.07, 6.45) is 4.45. The highest BCUT2D eigenvalue weighted by Gasteiger charge is 2.25. The van der Waals surface area contributed by atoms with Gasteiger partial charge in [0.25, 0.3) is 5.91 Å². The third-order valence-electron chi connectivity index (χ3n) is 4.39. The van der Waals surface area contributed by atoms with Gasteiger partial charge in [0.2, 0.25) is 0 Å². The van der Waals surface area contributed by atoms with E-state index in [1.165, 1.54) is 6.20 Å². The molecule has 0 saturated carbocycles. The minimum atomic E-state index is -0.973. The van der Waals surface area contributed by atoms with Gasteiger partial charge in [-0.1, -0.05) is 22.0 Å². The van der Waals surface area contributed by atoms with Crippen molar-refractivity contribution in [2.75, 3.05) is 13.1 Å². The molecule has 2 aromatic rings. The Kier molecular flexibility index (Phi) is 4.71. The Morgan fingerprint density at radius 2 is 1.96 bits per heavy atom. The molecule has 1 aromatic carbocycles. The lowest BCUT2D eigenvalue weighted by molar-refractivity contribution is 0.0688. The Morgan fingerprint density at radius 1 is 1.25 bits per heavy atom. The molecule has 7 heteroatoms. The molecule has 1 saturated heterocycles. The zero-order valence-electron chi connectivity index (χ0n) is 13.3. The van der Waals surface area contributed by atoms with Gasteiger partial charge in [0.15, 0.2) is 0 Å². The van der Waals surface area contributed by atoms with Crippen LogP contribution in [0, 0.1) is 6.92 Å². The molecule has 0 aliphatic carbocycles. The maximum absolute atomic E-state index is 12.6. The molecule has 0 unspecified atom stereocenters. The SMILES string of the molecule is Cc1ccc(C(=O)N2CCC(n3cc(C(=O)O)cn3)CC2)cc1Br. The van der Waals surface area contributed by atoms with E-state index in [0.29, 0.717) is 18.7 Å². The van der Waals surface area contributed by atoms with Gasteiger partial charge < -0.3 is 10.0 Å². The topological polar surface area (TPSA) is 75.4 Å². The standard InChI is InChI=1S/C17H18BrN3O3/c1-11-2-3-12(8-15(11)18)16(22)20-6-4-14(5-7-20)21-10-13(9-19-21)17(23)24/h2-3,8-10,14H,4-7H2,1H3,(H,23,24). The number of benzene rings is 1. The van der Waals surface area contributed by atoms with E-state index in [1.54, 1.807) is 10.9 Å². The molecule has 0 spiro atoms. The van der Waals surface area contributed by atoms with Crippen LogP contribution in [0.4, 0.5) is 0 Å². The monoisotopic (exact) mass is 391 g/mol. The van der Waals surface area contributed by atoms with E-state index in [4.69, 9.17) is 5.11 Å². The van der Waals surface area contributed by atoms with Crippen molar-refractivity contribution in [2.45, 2.75) is 25.8 Å². The quantitative estimate of drug-likeness (QED) is 0.871. The van der Waals surface area contributed by atoms with Gasteiger partial charge in [-0.25, -0.2) is 4.79 Å². The maximum atomic E-state index is 12.6. The molecule has 126 valence electrons. The van der Waals surface area contributed by atoms with Crippen molar-refractivity contribution in [1.29, 1.82) is 0 Å². The normalized spacial score (nSPS) is 15.5. The highest BCUT2D eigenvalue weighted by molar-refractivity contribution is 9.10. The number of carboxylic acids is 1. The highest BCUT2D eigenvalue weighted by Crippen LogP contribution is 2.24. The van der Waals surface area contributed by atoms with Crippen LogP contribution in [-0.4, -0.2) is 44.8 Å². The van der Waals surface area contributed by atoms with Crippen LogP contribution in [0.1, 0.15) is 45.2 Å². The van der Waals surface area contributed by atoms with Gasteiger partial charge in [0.1, 0.15) is 0 Å². The molecule has 0 radical (unpaired) electrons. The van der Waals surface area contributed by atoms with E-state index in [-0.39, 0.29) is 17.5 Å². The van der Waals surface area contributed by atoms with Crippen LogP contribution in [-0.2, 0) is 0 Å². The summed E-state index contributed by atoms with van der Waals surface area (Å²) >= 11 is 3.46. The fourth-order valence-electron chi connectivity index (χ4n) is 2.89. The molecule has 1 aliphatic heterocycles. The summed E-state index contributed by atoms with van der Waals surface area (Å²) in [6.45, 7) is 3.26. The summed E-state index contributed by atoms with van der Waals surface area (Å²) in [5, 5.41) is 13.1. The van der Waals surface area contributed by atoms with Crippen LogP contribution in [0.3, 0.4) is 0 Å². The number of hydrogen-bond acceptors (Lipinski definition) is 3. The predicted molar refractivity (Wildman–Crippen MR) is 92.2 cm³/mol. The lowest BCUT2D eigenvalue weighted by atomic mass is 10.0. The summed E-state index contributed by atoms with van der Waals surface area (Å²) < 4.78 is 2.63. The van der Waals surface area contributed by atoms with E-state index < -0.39 is 5.97 Å². The Balaban J connectivity index is 1.64. The predicted octanol–water partition coefficient (Wildman–Crippen LogP) is 3.13. The van der Waals surface area contributed by atoms with E-state index >= 15 is 0 Å². The van der Waals surface area contributed by atoms with Gasteiger partial charge in [-0.15, -0.1) is 0 Å². The second kappa shape index (κ2) is 6.76. The number of aromatic nitrogens is 2. The van der Waals surface area contributed by atoms with Gasteiger partial charge in [-0.3, -0.25) is 9.48 Å². The number of nitrogens with zero attached hydrogens (tertiary/aromatic N) is 3. The summed E-state index contributed by atoms with van der Waals surface area (Å²) in [5.41, 5.74) is 1.97. The molecule has 24 heavy (non-hydrogen) atoms. The smallest absolute Gasteiger partial charge is 0.338 e. The van der Waals surface area contributed by atoms with Crippen molar-refractivity contribution in [3.8, 4) is 0 Å². The molecule has 3 rings (SSSR count). The first kappa shape index (κ1) is 16.7. The number of carbonyl (C=O) groups excluding carboxylic acids is 1. The number of carboxylic acid groups (broad SMARTS) is 1. The van der Waals surface area contributed by atoms with Crippen LogP contribution in [0.15, 0.2) is 35.1 Å². The van der Waals surface area contributed by atoms with Crippen molar-refractivity contribution < 1.29 is 14.7 Å². The zero-order valence-corrected chi connectivity index (χ0v) is 14.9. The van der Waals surface area contributed by atoms with E-state index in [9.17, 15) is 9.59 Å². The molecular formula is C17H18BrN3O3. The number of halogens is 1. The Labute approximate surface area is 148 Å². The summed E-state index contributed by atoms with van der Waals surface area (Å²) in [7, 11) is 0. The summed E-state index contributed by atoms with van der Waals surface area (Å²) in [6, 6.07) is 5.77. The molecule has 1 aliphatic rings. The number of likely N-dealkylation sites (tertiary alicyclic amines) is 1. The first-order valence-corrected chi connectivity index (χ1v) is 8.58.